The number of hydrogen-bond acceptors (Lipinski definition) is 3. The molecule has 4 nitrogen and oxygen atoms in total. The Kier molecular flexibility index (Phi) is 2.84. The van der Waals surface area contributed by atoms with Gasteiger partial charge in [0.1, 0.15) is 5.65 Å². The monoisotopic (exact) mass is 245 g/mol. The SMILES string of the molecule is CC1(O)CCN(Cc2cn3ccccc3n2)CC1. The molecule has 2 aromatic heterocycles. The van der Waals surface area contributed by atoms with Gasteiger partial charge in [-0.1, -0.05) is 6.07 Å². The van der Waals surface area contributed by atoms with E-state index < -0.39 is 5.60 Å². The Labute approximate surface area is 107 Å². The van der Waals surface area contributed by atoms with Crippen LogP contribution >= 0.6 is 0 Å². The van der Waals surface area contributed by atoms with Gasteiger partial charge in [0.25, 0.3) is 0 Å². The van der Waals surface area contributed by atoms with Crippen LogP contribution in [0.25, 0.3) is 5.65 Å². The summed E-state index contributed by atoms with van der Waals surface area (Å²) in [7, 11) is 0. The number of rotatable bonds is 2. The standard InChI is InChI=1S/C14H19N3O/c1-14(18)5-8-16(9-6-14)10-12-11-17-7-3-2-4-13(17)15-12/h2-4,7,11,18H,5-6,8-10H2,1H3. The van der Waals surface area contributed by atoms with Gasteiger partial charge in [-0.05, 0) is 31.9 Å². The van der Waals surface area contributed by atoms with E-state index in [1.807, 2.05) is 31.3 Å². The molecule has 1 saturated heterocycles. The molecule has 2 aromatic rings. The molecule has 96 valence electrons. The zero-order valence-corrected chi connectivity index (χ0v) is 10.7. The Morgan fingerprint density at radius 3 is 2.83 bits per heavy atom. The molecule has 1 aliphatic heterocycles. The molecule has 3 rings (SSSR count). The van der Waals surface area contributed by atoms with Crippen LogP contribution in [0.5, 0.6) is 0 Å². The molecule has 0 unspecified atom stereocenters. The van der Waals surface area contributed by atoms with Crippen molar-refractivity contribution in [2.75, 3.05) is 13.1 Å². The summed E-state index contributed by atoms with van der Waals surface area (Å²) in [5, 5.41) is 9.93. The van der Waals surface area contributed by atoms with E-state index in [9.17, 15) is 5.11 Å². The Balaban J connectivity index is 1.69. The lowest BCUT2D eigenvalue weighted by Gasteiger charge is -2.35. The van der Waals surface area contributed by atoms with Gasteiger partial charge in [-0.3, -0.25) is 4.90 Å². The molecule has 0 radical (unpaired) electrons. The summed E-state index contributed by atoms with van der Waals surface area (Å²) in [6.07, 6.45) is 5.80. The number of aliphatic hydroxyl groups is 1. The van der Waals surface area contributed by atoms with Crippen molar-refractivity contribution < 1.29 is 5.11 Å². The molecule has 3 heterocycles. The Morgan fingerprint density at radius 2 is 2.11 bits per heavy atom. The first-order valence-corrected chi connectivity index (χ1v) is 6.50. The second kappa shape index (κ2) is 4.37. The minimum Gasteiger partial charge on any atom is -0.390 e. The topological polar surface area (TPSA) is 40.8 Å². The van der Waals surface area contributed by atoms with Crippen molar-refractivity contribution in [3.8, 4) is 0 Å². The van der Waals surface area contributed by atoms with Crippen LogP contribution in [0.3, 0.4) is 0 Å². The van der Waals surface area contributed by atoms with Gasteiger partial charge >= 0.3 is 0 Å². The Bertz CT molecular complexity index is 504. The molecule has 0 aliphatic carbocycles. The minimum atomic E-state index is -0.477. The van der Waals surface area contributed by atoms with E-state index in [1.54, 1.807) is 0 Å². The number of pyridine rings is 1. The summed E-state index contributed by atoms with van der Waals surface area (Å²) < 4.78 is 2.05. The predicted octanol–water partition coefficient (Wildman–Crippen LogP) is 1.68. The highest BCUT2D eigenvalue weighted by Gasteiger charge is 2.27. The average Bonchev–Trinajstić information content (AvgIpc) is 2.74. The van der Waals surface area contributed by atoms with Crippen LogP contribution < -0.4 is 0 Å². The largest absolute Gasteiger partial charge is 0.390 e. The molecular formula is C14H19N3O. The molecule has 0 atom stereocenters. The summed E-state index contributed by atoms with van der Waals surface area (Å²) in [5.74, 6) is 0. The van der Waals surface area contributed by atoms with Crippen LogP contribution in [0, 0.1) is 0 Å². The molecule has 1 aliphatic rings. The third-order valence-electron chi connectivity index (χ3n) is 3.73. The maximum absolute atomic E-state index is 9.93. The molecule has 0 spiro atoms. The van der Waals surface area contributed by atoms with Gasteiger partial charge in [-0.25, -0.2) is 4.98 Å². The highest BCUT2D eigenvalue weighted by molar-refractivity contribution is 5.39. The van der Waals surface area contributed by atoms with Crippen LogP contribution in [0.2, 0.25) is 0 Å². The van der Waals surface area contributed by atoms with E-state index in [2.05, 4.69) is 20.5 Å². The third kappa shape index (κ3) is 2.40. The summed E-state index contributed by atoms with van der Waals surface area (Å²) in [5.41, 5.74) is 1.62. The van der Waals surface area contributed by atoms with Crippen molar-refractivity contribution in [2.24, 2.45) is 0 Å². The van der Waals surface area contributed by atoms with E-state index in [0.717, 1.165) is 43.8 Å². The average molecular weight is 245 g/mol. The van der Waals surface area contributed by atoms with E-state index in [1.165, 1.54) is 0 Å². The molecule has 0 saturated carbocycles. The lowest BCUT2D eigenvalue weighted by molar-refractivity contribution is -0.00754. The summed E-state index contributed by atoms with van der Waals surface area (Å²) in [6.45, 7) is 4.69. The normalized spacial score (nSPS) is 20.3. The van der Waals surface area contributed by atoms with E-state index in [0.29, 0.717) is 0 Å². The first-order chi connectivity index (χ1) is 8.62. The molecule has 0 bridgehead atoms. The number of nitrogens with zero attached hydrogens (tertiary/aromatic N) is 3. The van der Waals surface area contributed by atoms with Crippen molar-refractivity contribution in [1.29, 1.82) is 0 Å². The van der Waals surface area contributed by atoms with Crippen LogP contribution in [0.15, 0.2) is 30.6 Å². The molecule has 1 fully saturated rings. The fourth-order valence-corrected chi connectivity index (χ4v) is 2.49. The van der Waals surface area contributed by atoms with Crippen molar-refractivity contribution in [3.05, 3.63) is 36.3 Å². The first-order valence-electron chi connectivity index (χ1n) is 6.50. The van der Waals surface area contributed by atoms with E-state index in [-0.39, 0.29) is 0 Å². The van der Waals surface area contributed by atoms with Crippen molar-refractivity contribution in [1.82, 2.24) is 14.3 Å². The second-order valence-electron chi connectivity index (χ2n) is 5.47. The van der Waals surface area contributed by atoms with E-state index >= 15 is 0 Å². The van der Waals surface area contributed by atoms with Gasteiger partial charge in [-0.15, -0.1) is 0 Å². The van der Waals surface area contributed by atoms with E-state index in [4.69, 9.17) is 0 Å². The first kappa shape index (κ1) is 11.7. The maximum atomic E-state index is 9.93. The number of hydrogen-bond donors (Lipinski definition) is 1. The Morgan fingerprint density at radius 1 is 1.33 bits per heavy atom. The van der Waals surface area contributed by atoms with Crippen LogP contribution in [0.4, 0.5) is 0 Å². The zero-order valence-electron chi connectivity index (χ0n) is 10.7. The van der Waals surface area contributed by atoms with Crippen molar-refractivity contribution in [3.63, 3.8) is 0 Å². The number of piperidine rings is 1. The molecule has 18 heavy (non-hydrogen) atoms. The van der Waals surface area contributed by atoms with Crippen molar-refractivity contribution >= 4 is 5.65 Å². The van der Waals surface area contributed by atoms with Crippen LogP contribution in [0.1, 0.15) is 25.5 Å². The molecule has 0 amide bonds. The molecule has 4 heteroatoms. The van der Waals surface area contributed by atoms with Gasteiger partial charge < -0.3 is 9.51 Å². The predicted molar refractivity (Wildman–Crippen MR) is 70.3 cm³/mol. The number of fused-ring (bicyclic) bond motifs is 1. The fourth-order valence-electron chi connectivity index (χ4n) is 2.49. The quantitative estimate of drug-likeness (QED) is 0.875. The van der Waals surface area contributed by atoms with Gasteiger partial charge in [0, 0.05) is 32.0 Å². The molecule has 1 N–H and O–H groups in total. The molecule has 0 aromatic carbocycles. The smallest absolute Gasteiger partial charge is 0.137 e. The van der Waals surface area contributed by atoms with Crippen molar-refractivity contribution in [2.45, 2.75) is 31.9 Å². The highest BCUT2D eigenvalue weighted by atomic mass is 16.3. The summed E-state index contributed by atoms with van der Waals surface area (Å²) in [6, 6.07) is 6.03. The van der Waals surface area contributed by atoms with Gasteiger partial charge in [0.2, 0.25) is 0 Å². The Hall–Kier alpha value is -1.39. The lowest BCUT2D eigenvalue weighted by Crippen LogP contribution is -2.42. The van der Waals surface area contributed by atoms with Gasteiger partial charge in [0.15, 0.2) is 0 Å². The molecular weight excluding hydrogens is 226 g/mol. The fraction of sp³-hybridized carbons (Fsp3) is 0.500. The van der Waals surface area contributed by atoms with Crippen LogP contribution in [-0.2, 0) is 6.54 Å². The maximum Gasteiger partial charge on any atom is 0.137 e. The lowest BCUT2D eigenvalue weighted by atomic mass is 9.94. The zero-order chi connectivity index (χ0) is 12.6. The highest BCUT2D eigenvalue weighted by Crippen LogP contribution is 2.22. The number of imidazole rings is 1. The third-order valence-corrected chi connectivity index (χ3v) is 3.73. The van der Waals surface area contributed by atoms with Crippen LogP contribution in [-0.4, -0.2) is 38.1 Å². The van der Waals surface area contributed by atoms with Gasteiger partial charge in [-0.2, -0.15) is 0 Å². The minimum absolute atomic E-state index is 0.477. The van der Waals surface area contributed by atoms with Gasteiger partial charge in [0.05, 0.1) is 11.3 Å². The summed E-state index contributed by atoms with van der Waals surface area (Å²) >= 11 is 0. The number of likely N-dealkylation sites (tertiary alicyclic amines) is 1. The second-order valence-corrected chi connectivity index (χ2v) is 5.47. The number of aromatic nitrogens is 2. The summed E-state index contributed by atoms with van der Waals surface area (Å²) in [4.78, 5) is 6.96.